The number of ether oxygens (including phenoxy) is 2. The molecule has 8 heteroatoms. The maximum Gasteiger partial charge on any atom is 0.348 e. The Morgan fingerprint density at radius 3 is 2.36 bits per heavy atom. The van der Waals surface area contributed by atoms with Crippen molar-refractivity contribution in [2.24, 2.45) is 0 Å². The molecule has 1 N–H and O–H groups in total. The second kappa shape index (κ2) is 6.86. The van der Waals surface area contributed by atoms with Crippen LogP contribution in [0.2, 0.25) is 0 Å². The highest BCUT2D eigenvalue weighted by Gasteiger charge is 2.19. The molecule has 0 radical (unpaired) electrons. The summed E-state index contributed by atoms with van der Waals surface area (Å²) in [4.78, 5) is 33.1. The van der Waals surface area contributed by atoms with E-state index in [1.807, 2.05) is 6.92 Å². The smallest absolute Gasteiger partial charge is 0.348 e. The van der Waals surface area contributed by atoms with Gasteiger partial charge in [-0.15, -0.1) is 11.3 Å². The van der Waals surface area contributed by atoms with E-state index in [9.17, 15) is 9.59 Å². The minimum Gasteiger partial charge on any atom is -0.465 e. The maximum absolute atomic E-state index is 11.9. The Balaban J connectivity index is 1.97. The number of anilines is 2. The number of methoxy groups -OCH3 is 2. The van der Waals surface area contributed by atoms with E-state index >= 15 is 0 Å². The van der Waals surface area contributed by atoms with Gasteiger partial charge >= 0.3 is 11.9 Å². The highest BCUT2D eigenvalue weighted by Crippen LogP contribution is 2.34. The summed E-state index contributed by atoms with van der Waals surface area (Å²) in [6.45, 7) is 1.83. The van der Waals surface area contributed by atoms with Crippen molar-refractivity contribution >= 4 is 45.0 Å². The van der Waals surface area contributed by atoms with Crippen molar-refractivity contribution in [1.82, 2.24) is 9.97 Å². The number of thiophene rings is 1. The summed E-state index contributed by atoms with van der Waals surface area (Å²) in [6.07, 6.45) is 1.44. The van der Waals surface area contributed by atoms with Gasteiger partial charge in [-0.1, -0.05) is 0 Å². The number of aryl methyl sites for hydroxylation is 1. The first kappa shape index (κ1) is 16.8. The second-order valence-electron chi connectivity index (χ2n) is 5.14. The molecule has 0 fully saturated rings. The Morgan fingerprint density at radius 2 is 1.72 bits per heavy atom. The van der Waals surface area contributed by atoms with Crippen LogP contribution in [-0.2, 0) is 9.47 Å². The molecule has 7 nitrogen and oxygen atoms in total. The Morgan fingerprint density at radius 1 is 1.04 bits per heavy atom. The summed E-state index contributed by atoms with van der Waals surface area (Å²) < 4.78 is 9.49. The lowest BCUT2D eigenvalue weighted by Gasteiger charge is -2.08. The molecular formula is C17H15N3O4S. The van der Waals surface area contributed by atoms with Gasteiger partial charge in [0, 0.05) is 5.69 Å². The van der Waals surface area contributed by atoms with Crippen LogP contribution in [0.1, 0.15) is 25.6 Å². The quantitative estimate of drug-likeness (QED) is 0.716. The van der Waals surface area contributed by atoms with Gasteiger partial charge in [0.2, 0.25) is 0 Å². The Labute approximate surface area is 147 Å². The zero-order valence-corrected chi connectivity index (χ0v) is 14.6. The van der Waals surface area contributed by atoms with Crippen LogP contribution < -0.4 is 5.32 Å². The number of hydrogen-bond donors (Lipinski definition) is 1. The van der Waals surface area contributed by atoms with E-state index in [1.165, 1.54) is 31.9 Å². The summed E-state index contributed by atoms with van der Waals surface area (Å²) in [5, 5.41) is 3.96. The molecule has 0 aliphatic heterocycles. The van der Waals surface area contributed by atoms with Gasteiger partial charge in [-0.3, -0.25) is 0 Å². The third-order valence-electron chi connectivity index (χ3n) is 3.67. The lowest BCUT2D eigenvalue weighted by Crippen LogP contribution is -2.02. The Hall–Kier alpha value is -3.00. The summed E-state index contributed by atoms with van der Waals surface area (Å²) in [7, 11) is 2.68. The predicted octanol–water partition coefficient (Wildman–Crippen LogP) is 3.32. The van der Waals surface area contributed by atoms with Gasteiger partial charge in [0.15, 0.2) is 0 Å². The maximum atomic E-state index is 11.9. The number of fused-ring (bicyclic) bond motifs is 1. The first-order valence-corrected chi connectivity index (χ1v) is 8.14. The molecule has 0 atom stereocenters. The van der Waals surface area contributed by atoms with Crippen LogP contribution in [0.3, 0.4) is 0 Å². The molecule has 2 aromatic heterocycles. The zero-order chi connectivity index (χ0) is 18.0. The number of carbonyl (C=O) groups excluding carboxylic acids is 2. The normalized spacial score (nSPS) is 10.5. The molecule has 0 bridgehead atoms. The van der Waals surface area contributed by atoms with E-state index in [2.05, 4.69) is 20.0 Å². The number of carbonyl (C=O) groups is 2. The highest BCUT2D eigenvalue weighted by atomic mass is 32.1. The van der Waals surface area contributed by atoms with Gasteiger partial charge in [-0.05, 0) is 36.8 Å². The largest absolute Gasteiger partial charge is 0.465 e. The number of nitrogens with zero attached hydrogens (tertiary/aromatic N) is 2. The predicted molar refractivity (Wildman–Crippen MR) is 94.6 cm³/mol. The molecule has 0 aliphatic carbocycles. The van der Waals surface area contributed by atoms with Crippen molar-refractivity contribution in [3.05, 3.63) is 46.6 Å². The van der Waals surface area contributed by atoms with E-state index in [0.717, 1.165) is 16.6 Å². The van der Waals surface area contributed by atoms with Crippen molar-refractivity contribution in [1.29, 1.82) is 0 Å². The molecule has 2 heterocycles. The molecular weight excluding hydrogens is 342 g/mol. The van der Waals surface area contributed by atoms with Crippen LogP contribution in [0.25, 0.3) is 10.2 Å². The number of aromatic nitrogens is 2. The molecule has 3 rings (SSSR count). The van der Waals surface area contributed by atoms with Crippen molar-refractivity contribution in [3.63, 3.8) is 0 Å². The van der Waals surface area contributed by atoms with Crippen LogP contribution in [0.4, 0.5) is 11.5 Å². The average molecular weight is 357 g/mol. The van der Waals surface area contributed by atoms with Gasteiger partial charge < -0.3 is 14.8 Å². The number of nitrogens with one attached hydrogen (secondary N) is 1. The SMILES string of the molecule is COC(=O)c1ccc(Nc2ncnc3sc(C(=O)OC)c(C)c23)cc1. The summed E-state index contributed by atoms with van der Waals surface area (Å²) >= 11 is 1.26. The number of benzene rings is 1. The third-order valence-corrected chi connectivity index (χ3v) is 4.85. The topological polar surface area (TPSA) is 90.4 Å². The third kappa shape index (κ3) is 3.16. The van der Waals surface area contributed by atoms with Crippen molar-refractivity contribution in [3.8, 4) is 0 Å². The average Bonchev–Trinajstić information content (AvgIpc) is 2.99. The summed E-state index contributed by atoms with van der Waals surface area (Å²) in [5.74, 6) is -0.207. The van der Waals surface area contributed by atoms with Crippen LogP contribution >= 0.6 is 11.3 Å². The van der Waals surface area contributed by atoms with E-state index in [0.29, 0.717) is 21.1 Å². The van der Waals surface area contributed by atoms with E-state index in [-0.39, 0.29) is 0 Å². The van der Waals surface area contributed by atoms with E-state index in [1.54, 1.807) is 24.3 Å². The van der Waals surface area contributed by atoms with Gasteiger partial charge in [-0.2, -0.15) is 0 Å². The van der Waals surface area contributed by atoms with E-state index in [4.69, 9.17) is 4.74 Å². The molecule has 0 unspecified atom stereocenters. The van der Waals surface area contributed by atoms with Crippen molar-refractivity contribution in [2.45, 2.75) is 6.92 Å². The van der Waals surface area contributed by atoms with Crippen LogP contribution in [-0.4, -0.2) is 36.1 Å². The number of rotatable bonds is 4. The van der Waals surface area contributed by atoms with Crippen molar-refractivity contribution in [2.75, 3.05) is 19.5 Å². The fourth-order valence-electron chi connectivity index (χ4n) is 2.40. The molecule has 3 aromatic rings. The Kier molecular flexibility index (Phi) is 4.62. The lowest BCUT2D eigenvalue weighted by molar-refractivity contribution is 0.0594. The first-order chi connectivity index (χ1) is 12.0. The molecule has 0 saturated heterocycles. The standard InChI is InChI=1S/C17H15N3O4S/c1-9-12-14(18-8-19-15(12)25-13(9)17(22)24-3)20-11-6-4-10(5-7-11)16(21)23-2/h4-8H,1-3H3,(H,18,19,20). The summed E-state index contributed by atoms with van der Waals surface area (Å²) in [5.41, 5.74) is 1.97. The van der Waals surface area contributed by atoms with Gasteiger partial charge in [-0.25, -0.2) is 19.6 Å². The highest BCUT2D eigenvalue weighted by molar-refractivity contribution is 7.20. The first-order valence-electron chi connectivity index (χ1n) is 7.33. The minimum atomic E-state index is -0.396. The molecule has 0 saturated carbocycles. The van der Waals surface area contributed by atoms with Gasteiger partial charge in [0.1, 0.15) is 21.9 Å². The van der Waals surface area contributed by atoms with E-state index < -0.39 is 11.9 Å². The molecule has 0 aliphatic rings. The fourth-order valence-corrected chi connectivity index (χ4v) is 3.46. The lowest BCUT2D eigenvalue weighted by atomic mass is 10.2. The second-order valence-corrected chi connectivity index (χ2v) is 6.14. The zero-order valence-electron chi connectivity index (χ0n) is 13.8. The number of esters is 2. The van der Waals surface area contributed by atoms with Crippen LogP contribution in [0, 0.1) is 6.92 Å². The van der Waals surface area contributed by atoms with Crippen molar-refractivity contribution < 1.29 is 19.1 Å². The minimum absolute atomic E-state index is 0.395. The molecule has 0 amide bonds. The molecule has 25 heavy (non-hydrogen) atoms. The molecule has 0 spiro atoms. The Bertz CT molecular complexity index is 950. The van der Waals surface area contributed by atoms with Crippen LogP contribution in [0.5, 0.6) is 0 Å². The van der Waals surface area contributed by atoms with Crippen LogP contribution in [0.15, 0.2) is 30.6 Å². The summed E-state index contributed by atoms with van der Waals surface area (Å²) in [6, 6.07) is 6.83. The molecule has 1 aromatic carbocycles. The monoisotopic (exact) mass is 357 g/mol. The fraction of sp³-hybridized carbons (Fsp3) is 0.176. The van der Waals surface area contributed by atoms with Gasteiger partial charge in [0.05, 0.1) is 25.2 Å². The number of hydrogen-bond acceptors (Lipinski definition) is 8. The van der Waals surface area contributed by atoms with Gasteiger partial charge in [0.25, 0.3) is 0 Å². The molecule has 128 valence electrons.